The molecule has 4 atom stereocenters. The first-order valence-electron chi connectivity index (χ1n) is 13.3. The molecule has 2 aromatic carbocycles. The molecule has 0 fully saturated rings. The van der Waals surface area contributed by atoms with Gasteiger partial charge in [-0.25, -0.2) is 4.79 Å². The average molecular weight is 586 g/mol. The molecule has 2 aromatic rings. The Bertz CT molecular complexity index is 1270. The van der Waals surface area contributed by atoms with Crippen molar-refractivity contribution in [2.75, 3.05) is 0 Å². The van der Waals surface area contributed by atoms with Gasteiger partial charge in [0.2, 0.25) is 23.6 Å². The summed E-state index contributed by atoms with van der Waals surface area (Å²) >= 11 is 0. The number of carbonyl (C=O) groups is 5. The lowest BCUT2D eigenvalue weighted by Crippen LogP contribution is -2.60. The van der Waals surface area contributed by atoms with Crippen LogP contribution in [-0.2, 0) is 32.0 Å². The maximum absolute atomic E-state index is 13.4. The summed E-state index contributed by atoms with van der Waals surface area (Å²) in [5.41, 5.74) is 5.69. The maximum atomic E-state index is 13.4. The number of phenols is 2. The second kappa shape index (κ2) is 14.2. The number of carboxylic acid groups (broad SMARTS) is 1. The van der Waals surface area contributed by atoms with Crippen LogP contribution < -0.4 is 21.7 Å². The number of nitrogens with zero attached hydrogens (tertiary/aromatic N) is 1. The van der Waals surface area contributed by atoms with Crippen LogP contribution in [0.25, 0.3) is 0 Å². The van der Waals surface area contributed by atoms with Crippen LogP contribution in [0.2, 0.25) is 0 Å². The number of hydrogen-bond donors (Lipinski definition) is 7. The van der Waals surface area contributed by atoms with Crippen molar-refractivity contribution in [3.05, 3.63) is 59.7 Å². The van der Waals surface area contributed by atoms with Gasteiger partial charge in [-0.05, 0) is 70.0 Å². The predicted octanol–water partition coefficient (Wildman–Crippen LogP) is 1.01. The van der Waals surface area contributed by atoms with Crippen molar-refractivity contribution in [3.63, 3.8) is 0 Å². The number of amides is 5. The van der Waals surface area contributed by atoms with Gasteiger partial charge in [-0.2, -0.15) is 0 Å². The lowest BCUT2D eigenvalue weighted by atomic mass is 9.97. The highest BCUT2D eigenvalue weighted by Gasteiger charge is 2.38. The maximum Gasteiger partial charge on any atom is 0.408 e. The second-order valence-corrected chi connectivity index (χ2v) is 11.0. The van der Waals surface area contributed by atoms with E-state index in [2.05, 4.69) is 16.0 Å². The summed E-state index contributed by atoms with van der Waals surface area (Å²) in [7, 11) is 0. The van der Waals surface area contributed by atoms with Crippen LogP contribution in [0.4, 0.5) is 4.79 Å². The summed E-state index contributed by atoms with van der Waals surface area (Å²) < 4.78 is 0. The molecule has 2 rings (SSSR count). The van der Waals surface area contributed by atoms with Gasteiger partial charge in [0.1, 0.15) is 35.7 Å². The molecule has 0 aliphatic heterocycles. The Balaban J connectivity index is 2.10. The van der Waals surface area contributed by atoms with E-state index in [-0.39, 0.29) is 24.3 Å². The van der Waals surface area contributed by atoms with E-state index in [1.165, 1.54) is 38.1 Å². The first kappa shape index (κ1) is 33.4. The van der Waals surface area contributed by atoms with Crippen LogP contribution in [0.1, 0.15) is 45.7 Å². The number of rotatable bonds is 12. The largest absolute Gasteiger partial charge is 0.508 e. The normalized spacial score (nSPS) is 14.0. The van der Waals surface area contributed by atoms with Crippen LogP contribution in [0, 0.1) is 0 Å². The van der Waals surface area contributed by atoms with E-state index in [9.17, 15) is 39.3 Å². The molecule has 0 aromatic heterocycles. The molecule has 5 amide bonds. The molecule has 0 saturated heterocycles. The SMILES string of the molecule is C[C@H](NC(=O)[C@H](C)NC(=O)[C@H](Cc1ccc(O)cc1)N(C(=O)O)C(C)(C)C)C(=O)N[C@@H](Cc1ccc(O)cc1)C(N)=O. The Morgan fingerprint density at radius 1 is 0.738 bits per heavy atom. The summed E-state index contributed by atoms with van der Waals surface area (Å²) in [5.74, 6) is -2.89. The van der Waals surface area contributed by atoms with Crippen LogP contribution >= 0.6 is 0 Å². The number of hydrogen-bond acceptors (Lipinski definition) is 7. The molecule has 8 N–H and O–H groups in total. The van der Waals surface area contributed by atoms with Gasteiger partial charge in [0.25, 0.3) is 0 Å². The number of carbonyl (C=O) groups excluding carboxylic acids is 4. The van der Waals surface area contributed by atoms with Crippen molar-refractivity contribution in [2.24, 2.45) is 5.73 Å². The minimum absolute atomic E-state index is 0.0108. The Hall–Kier alpha value is -4.81. The molecule has 0 bridgehead atoms. The minimum Gasteiger partial charge on any atom is -0.508 e. The average Bonchev–Trinajstić information content (AvgIpc) is 2.88. The Morgan fingerprint density at radius 2 is 1.14 bits per heavy atom. The zero-order chi connectivity index (χ0) is 31.8. The molecule has 0 saturated carbocycles. The van der Waals surface area contributed by atoms with E-state index in [4.69, 9.17) is 5.73 Å². The van der Waals surface area contributed by atoms with E-state index >= 15 is 0 Å². The lowest BCUT2D eigenvalue weighted by Gasteiger charge is -2.39. The zero-order valence-electron chi connectivity index (χ0n) is 24.2. The van der Waals surface area contributed by atoms with E-state index in [1.807, 2.05) is 0 Å². The molecule has 0 spiro atoms. The van der Waals surface area contributed by atoms with E-state index in [1.54, 1.807) is 45.0 Å². The highest BCUT2D eigenvalue weighted by atomic mass is 16.4. The number of aromatic hydroxyl groups is 2. The summed E-state index contributed by atoms with van der Waals surface area (Å²) in [6.45, 7) is 7.68. The molecule has 13 nitrogen and oxygen atoms in total. The van der Waals surface area contributed by atoms with Crippen LogP contribution in [-0.4, -0.2) is 79.6 Å². The molecule has 0 aliphatic rings. The predicted molar refractivity (Wildman–Crippen MR) is 153 cm³/mol. The zero-order valence-corrected chi connectivity index (χ0v) is 24.2. The highest BCUT2D eigenvalue weighted by molar-refractivity contribution is 5.95. The van der Waals surface area contributed by atoms with Crippen molar-refractivity contribution < 1.29 is 39.3 Å². The third-order valence-corrected chi connectivity index (χ3v) is 6.45. The smallest absolute Gasteiger partial charge is 0.408 e. The Morgan fingerprint density at radius 3 is 1.55 bits per heavy atom. The van der Waals surface area contributed by atoms with Gasteiger partial charge in [-0.3, -0.25) is 24.1 Å². The van der Waals surface area contributed by atoms with Gasteiger partial charge in [-0.15, -0.1) is 0 Å². The van der Waals surface area contributed by atoms with Crippen LogP contribution in [0.5, 0.6) is 11.5 Å². The number of primary amides is 1. The van der Waals surface area contributed by atoms with Gasteiger partial charge < -0.3 is 37.0 Å². The van der Waals surface area contributed by atoms with Gasteiger partial charge >= 0.3 is 6.09 Å². The standard InChI is InChI=1S/C29H39N5O8/c1-16(25(38)31-17(2)26(39)33-22(24(30)37)14-18-6-10-20(35)11-7-18)32-27(40)23(34(28(41)42)29(3,4)5)15-19-8-12-21(36)13-9-19/h6-13,16-17,22-23,35-36H,14-15H2,1-5H3,(H2,30,37)(H,31,38)(H,32,40)(H,33,39)(H,41,42)/t16-,17-,22-,23-/m0/s1. The molecule has 228 valence electrons. The van der Waals surface area contributed by atoms with Gasteiger partial charge in [0.05, 0.1) is 0 Å². The van der Waals surface area contributed by atoms with Gasteiger partial charge in [0.15, 0.2) is 0 Å². The fraction of sp³-hybridized carbons (Fsp3) is 0.414. The quantitative estimate of drug-likeness (QED) is 0.191. The number of nitrogens with two attached hydrogens (primary N) is 1. The van der Waals surface area contributed by atoms with Gasteiger partial charge in [0, 0.05) is 18.4 Å². The topological polar surface area (TPSA) is 211 Å². The highest BCUT2D eigenvalue weighted by Crippen LogP contribution is 2.22. The number of nitrogens with one attached hydrogen (secondary N) is 3. The monoisotopic (exact) mass is 585 g/mol. The lowest BCUT2D eigenvalue weighted by molar-refractivity contribution is -0.134. The van der Waals surface area contributed by atoms with Gasteiger partial charge in [-0.1, -0.05) is 24.3 Å². The molecule has 13 heteroatoms. The fourth-order valence-corrected chi connectivity index (χ4v) is 4.21. The molecule has 42 heavy (non-hydrogen) atoms. The van der Waals surface area contributed by atoms with E-state index in [0.29, 0.717) is 11.1 Å². The summed E-state index contributed by atoms with van der Waals surface area (Å²) in [6, 6.07) is 7.40. The van der Waals surface area contributed by atoms with Crippen molar-refractivity contribution >= 4 is 29.7 Å². The first-order chi connectivity index (χ1) is 19.5. The molecule has 0 heterocycles. The second-order valence-electron chi connectivity index (χ2n) is 11.0. The van der Waals surface area contributed by atoms with Crippen LogP contribution in [0.15, 0.2) is 48.5 Å². The first-order valence-corrected chi connectivity index (χ1v) is 13.3. The number of phenolic OH excluding ortho intramolecular Hbond substituents is 2. The van der Waals surface area contributed by atoms with Crippen molar-refractivity contribution in [3.8, 4) is 11.5 Å². The Kier molecular flexibility index (Phi) is 11.3. The molecule has 0 unspecified atom stereocenters. The fourth-order valence-electron chi connectivity index (χ4n) is 4.21. The third-order valence-electron chi connectivity index (χ3n) is 6.45. The summed E-state index contributed by atoms with van der Waals surface area (Å²) in [6.07, 6.45) is -1.30. The van der Waals surface area contributed by atoms with Crippen molar-refractivity contribution in [2.45, 2.75) is 77.2 Å². The number of benzene rings is 2. The third kappa shape index (κ3) is 9.68. The molecule has 0 aliphatic carbocycles. The van der Waals surface area contributed by atoms with Crippen molar-refractivity contribution in [1.29, 1.82) is 0 Å². The van der Waals surface area contributed by atoms with Crippen molar-refractivity contribution in [1.82, 2.24) is 20.9 Å². The summed E-state index contributed by atoms with van der Waals surface area (Å²) in [5, 5.41) is 36.4. The van der Waals surface area contributed by atoms with E-state index in [0.717, 1.165) is 4.90 Å². The molecule has 0 radical (unpaired) electrons. The summed E-state index contributed by atoms with van der Waals surface area (Å²) in [4.78, 5) is 64.1. The van der Waals surface area contributed by atoms with E-state index < -0.39 is 59.4 Å². The molecular formula is C29H39N5O8. The van der Waals surface area contributed by atoms with Crippen LogP contribution in [0.3, 0.4) is 0 Å². The Labute approximate surface area is 244 Å². The molecular weight excluding hydrogens is 546 g/mol. The minimum atomic E-state index is -1.33.